The third kappa shape index (κ3) is 4.82. The van der Waals surface area contributed by atoms with E-state index < -0.39 is 0 Å². The molecule has 0 aromatic carbocycles. The Morgan fingerprint density at radius 3 is 2.82 bits per heavy atom. The number of halogens is 1. The molecule has 0 radical (unpaired) electrons. The summed E-state index contributed by atoms with van der Waals surface area (Å²) < 4.78 is 1.96. The van der Waals surface area contributed by atoms with E-state index in [1.54, 1.807) is 18.3 Å². The van der Waals surface area contributed by atoms with E-state index in [4.69, 9.17) is 11.6 Å². The van der Waals surface area contributed by atoms with Crippen molar-refractivity contribution in [3.8, 4) is 0 Å². The number of rotatable bonds is 7. The molecule has 0 saturated heterocycles. The van der Waals surface area contributed by atoms with Gasteiger partial charge in [-0.3, -0.25) is 9.69 Å². The highest BCUT2D eigenvalue weighted by Crippen LogP contribution is 2.10. The molecule has 118 valence electrons. The summed E-state index contributed by atoms with van der Waals surface area (Å²) in [6.45, 7) is 3.85. The number of aromatic nitrogens is 3. The van der Waals surface area contributed by atoms with Crippen LogP contribution in [0.4, 0.5) is 5.82 Å². The largest absolute Gasteiger partial charge is 0.337 e. The lowest BCUT2D eigenvalue weighted by molar-refractivity contribution is -0.117. The number of hydrogen-bond donors (Lipinski definition) is 1. The van der Waals surface area contributed by atoms with Gasteiger partial charge in [0.05, 0.1) is 18.1 Å². The predicted octanol–water partition coefficient (Wildman–Crippen LogP) is 2.32. The van der Waals surface area contributed by atoms with Gasteiger partial charge in [0, 0.05) is 25.6 Å². The molecule has 22 heavy (non-hydrogen) atoms. The molecular formula is C15H20ClN5O. The Bertz CT molecular complexity index is 611. The molecule has 0 spiro atoms. The third-order valence-corrected chi connectivity index (χ3v) is 3.41. The molecule has 1 amide bonds. The van der Waals surface area contributed by atoms with E-state index in [0.717, 1.165) is 18.8 Å². The average Bonchev–Trinajstić information content (AvgIpc) is 2.87. The number of imidazole rings is 1. The molecule has 0 aliphatic rings. The second-order valence-corrected chi connectivity index (χ2v) is 5.51. The van der Waals surface area contributed by atoms with Crippen molar-refractivity contribution in [3.05, 3.63) is 41.6 Å². The van der Waals surface area contributed by atoms with Gasteiger partial charge in [0.1, 0.15) is 11.6 Å². The van der Waals surface area contributed by atoms with Crippen molar-refractivity contribution in [3.63, 3.8) is 0 Å². The molecule has 0 aliphatic carbocycles. The summed E-state index contributed by atoms with van der Waals surface area (Å²) >= 11 is 5.78. The SMILES string of the molecule is CCCN(CC(=O)Nc1ccc(Cl)cn1)Cc1nccn1C. The van der Waals surface area contributed by atoms with Crippen LogP contribution in [0.15, 0.2) is 30.7 Å². The lowest BCUT2D eigenvalue weighted by atomic mass is 10.3. The lowest BCUT2D eigenvalue weighted by Crippen LogP contribution is -2.34. The van der Waals surface area contributed by atoms with E-state index in [-0.39, 0.29) is 5.91 Å². The Labute approximate surface area is 135 Å². The van der Waals surface area contributed by atoms with E-state index >= 15 is 0 Å². The number of aryl methyl sites for hydroxylation is 1. The molecule has 0 unspecified atom stereocenters. The Hall–Kier alpha value is -1.92. The molecule has 1 N–H and O–H groups in total. The zero-order chi connectivity index (χ0) is 15.9. The van der Waals surface area contributed by atoms with Gasteiger partial charge in [-0.1, -0.05) is 18.5 Å². The fourth-order valence-corrected chi connectivity index (χ4v) is 2.23. The van der Waals surface area contributed by atoms with Gasteiger partial charge in [-0.05, 0) is 25.1 Å². The molecule has 2 heterocycles. The molecule has 2 aromatic rings. The van der Waals surface area contributed by atoms with Gasteiger partial charge in [-0.2, -0.15) is 0 Å². The maximum atomic E-state index is 12.1. The van der Waals surface area contributed by atoms with Crippen LogP contribution in [-0.4, -0.2) is 38.4 Å². The zero-order valence-electron chi connectivity index (χ0n) is 12.8. The van der Waals surface area contributed by atoms with Crippen LogP contribution in [0.5, 0.6) is 0 Å². The second-order valence-electron chi connectivity index (χ2n) is 5.07. The van der Waals surface area contributed by atoms with Crippen molar-refractivity contribution in [1.82, 2.24) is 19.4 Å². The highest BCUT2D eigenvalue weighted by molar-refractivity contribution is 6.30. The van der Waals surface area contributed by atoms with Crippen molar-refractivity contribution in [2.75, 3.05) is 18.4 Å². The minimum absolute atomic E-state index is 0.0996. The minimum atomic E-state index is -0.0996. The van der Waals surface area contributed by atoms with Crippen molar-refractivity contribution in [2.45, 2.75) is 19.9 Å². The van der Waals surface area contributed by atoms with Crippen LogP contribution in [0.25, 0.3) is 0 Å². The highest BCUT2D eigenvalue weighted by atomic mass is 35.5. The maximum Gasteiger partial charge on any atom is 0.239 e. The summed E-state index contributed by atoms with van der Waals surface area (Å²) in [5, 5.41) is 3.32. The molecule has 0 atom stereocenters. The zero-order valence-corrected chi connectivity index (χ0v) is 13.5. The van der Waals surface area contributed by atoms with Gasteiger partial charge < -0.3 is 9.88 Å². The van der Waals surface area contributed by atoms with Gasteiger partial charge in [-0.15, -0.1) is 0 Å². The summed E-state index contributed by atoms with van der Waals surface area (Å²) in [5.74, 6) is 1.34. The molecule has 0 aliphatic heterocycles. The van der Waals surface area contributed by atoms with Crippen LogP contribution >= 0.6 is 11.6 Å². The number of carbonyl (C=O) groups excluding carboxylic acids is 1. The van der Waals surface area contributed by atoms with Crippen LogP contribution in [0.1, 0.15) is 19.2 Å². The van der Waals surface area contributed by atoms with Gasteiger partial charge in [0.2, 0.25) is 5.91 Å². The van der Waals surface area contributed by atoms with E-state index in [1.807, 2.05) is 17.8 Å². The van der Waals surface area contributed by atoms with Crippen molar-refractivity contribution in [1.29, 1.82) is 0 Å². The Kier molecular flexibility index (Phi) is 5.91. The molecule has 6 nitrogen and oxygen atoms in total. The van der Waals surface area contributed by atoms with Crippen molar-refractivity contribution < 1.29 is 4.79 Å². The van der Waals surface area contributed by atoms with Gasteiger partial charge in [0.25, 0.3) is 0 Å². The Morgan fingerprint density at radius 2 is 2.23 bits per heavy atom. The number of anilines is 1. The van der Waals surface area contributed by atoms with E-state index in [2.05, 4.69) is 27.1 Å². The number of amides is 1. The number of pyridine rings is 1. The smallest absolute Gasteiger partial charge is 0.239 e. The number of carbonyl (C=O) groups is 1. The van der Waals surface area contributed by atoms with Gasteiger partial charge in [-0.25, -0.2) is 9.97 Å². The first kappa shape index (κ1) is 16.5. The summed E-state index contributed by atoms with van der Waals surface area (Å²) in [4.78, 5) is 22.6. The fourth-order valence-electron chi connectivity index (χ4n) is 2.11. The van der Waals surface area contributed by atoms with Crippen molar-refractivity contribution in [2.24, 2.45) is 7.05 Å². The van der Waals surface area contributed by atoms with Crippen molar-refractivity contribution >= 4 is 23.3 Å². The quantitative estimate of drug-likeness (QED) is 0.850. The molecule has 7 heteroatoms. The van der Waals surface area contributed by atoms with Crippen LogP contribution < -0.4 is 5.32 Å². The third-order valence-electron chi connectivity index (χ3n) is 3.19. The molecule has 2 rings (SSSR count). The monoisotopic (exact) mass is 321 g/mol. The fraction of sp³-hybridized carbons (Fsp3) is 0.400. The van der Waals surface area contributed by atoms with Gasteiger partial charge in [0.15, 0.2) is 0 Å². The number of hydrogen-bond acceptors (Lipinski definition) is 4. The van der Waals surface area contributed by atoms with E-state index in [0.29, 0.717) is 23.9 Å². The summed E-state index contributed by atoms with van der Waals surface area (Å²) in [7, 11) is 1.95. The summed E-state index contributed by atoms with van der Waals surface area (Å²) in [6, 6.07) is 3.38. The lowest BCUT2D eigenvalue weighted by Gasteiger charge is -2.20. The summed E-state index contributed by atoms with van der Waals surface area (Å²) in [5.41, 5.74) is 0. The molecule has 2 aromatic heterocycles. The molecule has 0 bridgehead atoms. The number of nitrogens with one attached hydrogen (secondary N) is 1. The highest BCUT2D eigenvalue weighted by Gasteiger charge is 2.13. The Balaban J connectivity index is 1.93. The van der Waals surface area contributed by atoms with Crippen LogP contribution in [-0.2, 0) is 18.4 Å². The van der Waals surface area contributed by atoms with Crippen LogP contribution in [0.3, 0.4) is 0 Å². The first-order valence-electron chi connectivity index (χ1n) is 7.18. The molecule has 0 saturated carbocycles. The molecule has 0 fully saturated rings. The summed E-state index contributed by atoms with van der Waals surface area (Å²) in [6.07, 6.45) is 6.14. The first-order valence-corrected chi connectivity index (χ1v) is 7.56. The second kappa shape index (κ2) is 7.91. The van der Waals surface area contributed by atoms with E-state index in [1.165, 1.54) is 6.20 Å². The van der Waals surface area contributed by atoms with Gasteiger partial charge >= 0.3 is 0 Å². The minimum Gasteiger partial charge on any atom is -0.337 e. The maximum absolute atomic E-state index is 12.1. The van der Waals surface area contributed by atoms with Crippen LogP contribution in [0.2, 0.25) is 5.02 Å². The van der Waals surface area contributed by atoms with E-state index in [9.17, 15) is 4.79 Å². The predicted molar refractivity (Wildman–Crippen MR) is 86.7 cm³/mol. The normalized spacial score (nSPS) is 10.9. The topological polar surface area (TPSA) is 63.1 Å². The molecular weight excluding hydrogens is 302 g/mol. The Morgan fingerprint density at radius 1 is 1.41 bits per heavy atom. The number of nitrogens with zero attached hydrogens (tertiary/aromatic N) is 4. The first-order chi connectivity index (χ1) is 10.6. The standard InChI is InChI=1S/C15H20ClN5O/c1-3-7-21(10-14-17-6-8-20(14)2)11-15(22)19-13-5-4-12(16)9-18-13/h4-6,8-9H,3,7,10-11H2,1-2H3,(H,18,19,22). The van der Waals surface area contributed by atoms with Crippen LogP contribution in [0, 0.1) is 0 Å². The average molecular weight is 322 g/mol.